The molecule has 0 bridgehead atoms. The molecule has 2 heterocycles. The fourth-order valence-corrected chi connectivity index (χ4v) is 2.90. The van der Waals surface area contributed by atoms with E-state index in [0.717, 1.165) is 13.7 Å². The number of rotatable bonds is 1. The minimum Gasteiger partial charge on any atom is -0.369 e. The summed E-state index contributed by atoms with van der Waals surface area (Å²) in [5, 5.41) is 0. The Morgan fingerprint density at radius 2 is 2.11 bits per heavy atom. The van der Waals surface area contributed by atoms with Crippen molar-refractivity contribution >= 4 is 55.6 Å². The van der Waals surface area contributed by atoms with Gasteiger partial charge in [-0.1, -0.05) is 0 Å². The Balaban J connectivity index is 2.33. The van der Waals surface area contributed by atoms with Crippen molar-refractivity contribution in [3.8, 4) is 5.69 Å². The summed E-state index contributed by atoms with van der Waals surface area (Å²) >= 11 is 5.40. The van der Waals surface area contributed by atoms with Gasteiger partial charge < -0.3 is 5.73 Å². The number of hydrogen-bond donors (Lipinski definition) is 1. The van der Waals surface area contributed by atoms with Gasteiger partial charge in [0.05, 0.1) is 5.69 Å². The highest BCUT2D eigenvalue weighted by Gasteiger charge is 2.14. The van der Waals surface area contributed by atoms with Crippen LogP contribution in [-0.2, 0) is 0 Å². The van der Waals surface area contributed by atoms with Crippen molar-refractivity contribution in [3.05, 3.63) is 44.3 Å². The Morgan fingerprint density at radius 3 is 2.84 bits per heavy atom. The number of nitrogens with two attached hydrogens (primary N) is 1. The molecule has 0 spiro atoms. The molecule has 3 aromatic rings. The highest BCUT2D eigenvalue weighted by Crippen LogP contribution is 2.26. The molecule has 3 rings (SSSR count). The van der Waals surface area contributed by atoms with Crippen molar-refractivity contribution < 1.29 is 4.39 Å². The molecule has 4 nitrogen and oxygen atoms in total. The number of imidazole rings is 1. The summed E-state index contributed by atoms with van der Waals surface area (Å²) in [5.41, 5.74) is 8.03. The monoisotopic (exact) mass is 432 g/mol. The fraction of sp³-hybridized carbons (Fsp3) is 0. The molecule has 0 amide bonds. The van der Waals surface area contributed by atoms with Gasteiger partial charge in [0.2, 0.25) is 5.95 Å². The fourth-order valence-electron chi connectivity index (χ4n) is 1.86. The van der Waals surface area contributed by atoms with Gasteiger partial charge in [0.15, 0.2) is 5.65 Å². The van der Waals surface area contributed by atoms with E-state index >= 15 is 0 Å². The second-order valence-electron chi connectivity index (χ2n) is 3.90. The van der Waals surface area contributed by atoms with Gasteiger partial charge in [-0.15, -0.1) is 0 Å². The smallest absolute Gasteiger partial charge is 0.207 e. The van der Waals surface area contributed by atoms with Gasteiger partial charge in [-0.3, -0.25) is 4.57 Å². The Labute approximate surface area is 130 Å². The quantitative estimate of drug-likeness (QED) is 0.598. The zero-order valence-corrected chi connectivity index (χ0v) is 13.2. The van der Waals surface area contributed by atoms with Gasteiger partial charge in [-0.2, -0.15) is 0 Å². The average molecular weight is 433 g/mol. The summed E-state index contributed by atoms with van der Waals surface area (Å²) < 4.78 is 16.5. The molecule has 0 fully saturated rings. The zero-order chi connectivity index (χ0) is 13.6. The Kier molecular flexibility index (Phi) is 3.17. The van der Waals surface area contributed by atoms with Crippen LogP contribution in [0, 0.1) is 9.39 Å². The lowest BCUT2D eigenvalue weighted by Gasteiger charge is -2.08. The summed E-state index contributed by atoms with van der Waals surface area (Å²) in [6, 6.07) is 6.34. The Hall–Kier alpha value is -1.22. The highest BCUT2D eigenvalue weighted by molar-refractivity contribution is 14.1. The van der Waals surface area contributed by atoms with Crippen molar-refractivity contribution in [1.29, 1.82) is 0 Å². The van der Waals surface area contributed by atoms with E-state index in [1.807, 2.05) is 6.07 Å². The molecule has 0 radical (unpaired) electrons. The lowest BCUT2D eigenvalue weighted by molar-refractivity contribution is 0.626. The molecule has 7 heteroatoms. The van der Waals surface area contributed by atoms with Crippen molar-refractivity contribution in [1.82, 2.24) is 14.5 Å². The molecular weight excluding hydrogens is 426 g/mol. The predicted octanol–water partition coefficient (Wildman–Crippen LogP) is 3.51. The van der Waals surface area contributed by atoms with Gasteiger partial charge in [0, 0.05) is 14.2 Å². The molecule has 1 aromatic carbocycles. The first-order chi connectivity index (χ1) is 9.06. The number of hydrogen-bond acceptors (Lipinski definition) is 3. The third-order valence-corrected chi connectivity index (χ3v) is 3.94. The maximum absolute atomic E-state index is 13.2. The third-order valence-electron chi connectivity index (χ3n) is 2.64. The molecule has 0 unspecified atom stereocenters. The van der Waals surface area contributed by atoms with Crippen LogP contribution in [0.1, 0.15) is 0 Å². The van der Waals surface area contributed by atoms with Gasteiger partial charge in [-0.25, -0.2) is 14.4 Å². The Bertz CT molecular complexity index is 787. The molecule has 0 aliphatic carbocycles. The van der Waals surface area contributed by atoms with Crippen LogP contribution < -0.4 is 5.73 Å². The molecule has 0 saturated heterocycles. The minimum atomic E-state index is -0.285. The maximum Gasteiger partial charge on any atom is 0.207 e. The number of nitrogens with zero attached hydrogens (tertiary/aromatic N) is 3. The van der Waals surface area contributed by atoms with Crippen molar-refractivity contribution in [3.63, 3.8) is 0 Å². The van der Waals surface area contributed by atoms with Crippen LogP contribution in [-0.4, -0.2) is 14.5 Å². The third kappa shape index (κ3) is 2.20. The number of benzene rings is 1. The van der Waals surface area contributed by atoms with Crippen molar-refractivity contribution in [2.45, 2.75) is 0 Å². The van der Waals surface area contributed by atoms with E-state index in [2.05, 4.69) is 48.5 Å². The molecular formula is C12H7BrFIN4. The van der Waals surface area contributed by atoms with E-state index in [0.29, 0.717) is 17.1 Å². The van der Waals surface area contributed by atoms with Crippen LogP contribution in [0.4, 0.5) is 10.3 Å². The SMILES string of the molecule is Nc1nc2cc(Br)cnc2n1-c1ccc(F)cc1I. The van der Waals surface area contributed by atoms with Crippen molar-refractivity contribution in [2.24, 2.45) is 0 Å². The topological polar surface area (TPSA) is 56.7 Å². The number of aromatic nitrogens is 3. The summed E-state index contributed by atoms with van der Waals surface area (Å²) in [6.07, 6.45) is 1.68. The van der Waals surface area contributed by atoms with Crippen molar-refractivity contribution in [2.75, 3.05) is 5.73 Å². The summed E-state index contributed by atoms with van der Waals surface area (Å²) in [7, 11) is 0. The van der Waals surface area contributed by atoms with Crippen LogP contribution in [0.3, 0.4) is 0 Å². The van der Waals surface area contributed by atoms with E-state index in [1.165, 1.54) is 12.1 Å². The number of anilines is 1. The minimum absolute atomic E-state index is 0.285. The van der Waals surface area contributed by atoms with Crippen LogP contribution >= 0.6 is 38.5 Å². The first-order valence-electron chi connectivity index (χ1n) is 5.31. The van der Waals surface area contributed by atoms with Crippen LogP contribution in [0.2, 0.25) is 0 Å². The molecule has 0 aliphatic rings. The van der Waals surface area contributed by atoms with Gasteiger partial charge >= 0.3 is 0 Å². The average Bonchev–Trinajstić information content (AvgIpc) is 2.65. The summed E-state index contributed by atoms with van der Waals surface area (Å²) in [5.74, 6) is 0.0389. The van der Waals surface area contributed by atoms with E-state index < -0.39 is 0 Å². The van der Waals surface area contributed by atoms with E-state index in [4.69, 9.17) is 5.73 Å². The predicted molar refractivity (Wildman–Crippen MR) is 83.7 cm³/mol. The van der Waals surface area contributed by atoms with Crippen LogP contribution in [0.15, 0.2) is 34.9 Å². The standard InChI is InChI=1S/C12H7BrFIN4/c13-6-3-9-11(17-5-6)19(12(16)18-9)10-2-1-7(14)4-8(10)15/h1-5H,(H2,16,18). The van der Waals surface area contributed by atoms with Crippen LogP contribution in [0.5, 0.6) is 0 Å². The van der Waals surface area contributed by atoms with Crippen LogP contribution in [0.25, 0.3) is 16.9 Å². The largest absolute Gasteiger partial charge is 0.369 e. The summed E-state index contributed by atoms with van der Waals surface area (Å²) in [6.45, 7) is 0. The number of halogens is 3. The molecule has 2 N–H and O–H groups in total. The molecule has 0 aliphatic heterocycles. The normalized spacial score (nSPS) is 11.1. The second-order valence-corrected chi connectivity index (χ2v) is 5.98. The number of pyridine rings is 1. The first-order valence-corrected chi connectivity index (χ1v) is 7.18. The number of fused-ring (bicyclic) bond motifs is 1. The first kappa shape index (κ1) is 12.8. The molecule has 0 saturated carbocycles. The lowest BCUT2D eigenvalue weighted by atomic mass is 10.3. The van der Waals surface area contributed by atoms with E-state index in [1.54, 1.807) is 16.8 Å². The van der Waals surface area contributed by atoms with Gasteiger partial charge in [-0.05, 0) is 62.8 Å². The molecule has 19 heavy (non-hydrogen) atoms. The second kappa shape index (κ2) is 4.71. The summed E-state index contributed by atoms with van der Waals surface area (Å²) in [4.78, 5) is 8.58. The molecule has 96 valence electrons. The highest BCUT2D eigenvalue weighted by atomic mass is 127. The lowest BCUT2D eigenvalue weighted by Crippen LogP contribution is -2.03. The van der Waals surface area contributed by atoms with E-state index in [-0.39, 0.29) is 5.82 Å². The Morgan fingerprint density at radius 1 is 1.32 bits per heavy atom. The molecule has 0 atom stereocenters. The van der Waals surface area contributed by atoms with Gasteiger partial charge in [0.25, 0.3) is 0 Å². The zero-order valence-electron chi connectivity index (χ0n) is 9.44. The number of nitrogen functional groups attached to an aromatic ring is 1. The van der Waals surface area contributed by atoms with E-state index in [9.17, 15) is 4.39 Å². The van der Waals surface area contributed by atoms with Gasteiger partial charge in [0.1, 0.15) is 11.3 Å². The molecule has 2 aromatic heterocycles. The maximum atomic E-state index is 13.2.